The molecule has 2 aromatic rings. The maximum absolute atomic E-state index is 10.5. The average molecular weight is 383 g/mol. The normalized spacial score (nSPS) is 13.4. The zero-order valence-corrected chi connectivity index (χ0v) is 14.6. The van der Waals surface area contributed by atoms with Gasteiger partial charge in [-0.05, 0) is 25.0 Å². The molecule has 0 aliphatic heterocycles. The van der Waals surface area contributed by atoms with Crippen LogP contribution < -0.4 is 15.4 Å². The molecule has 7 nitrogen and oxygen atoms in total. The van der Waals surface area contributed by atoms with Crippen molar-refractivity contribution < 1.29 is 14.6 Å². The van der Waals surface area contributed by atoms with E-state index in [1.54, 1.807) is 18.2 Å². The lowest BCUT2D eigenvalue weighted by Crippen LogP contribution is -2.07. The molecule has 1 saturated carbocycles. The Morgan fingerprint density at radius 1 is 1.24 bits per heavy atom. The lowest BCUT2D eigenvalue weighted by molar-refractivity contribution is -0.136. The van der Waals surface area contributed by atoms with Gasteiger partial charge in [0.05, 0.1) is 16.5 Å². The molecule has 9 heteroatoms. The molecule has 1 aromatic carbocycles. The average Bonchev–Trinajstić information content (AvgIpc) is 3.35. The third kappa shape index (κ3) is 5.11. The Balaban J connectivity index is 1.70. The van der Waals surface area contributed by atoms with Gasteiger partial charge in [-0.3, -0.25) is 4.79 Å². The Bertz CT molecular complexity index is 761. The van der Waals surface area contributed by atoms with Crippen molar-refractivity contribution in [1.82, 2.24) is 9.97 Å². The number of benzene rings is 1. The highest BCUT2D eigenvalue weighted by Gasteiger charge is 2.21. The number of aliphatic carboxylic acids is 1. The third-order valence-electron chi connectivity index (χ3n) is 3.44. The largest absolute Gasteiger partial charge is 0.481 e. The summed E-state index contributed by atoms with van der Waals surface area (Å²) in [7, 11) is 0. The van der Waals surface area contributed by atoms with E-state index in [-0.39, 0.29) is 18.7 Å². The van der Waals surface area contributed by atoms with Crippen LogP contribution in [0.15, 0.2) is 24.5 Å². The van der Waals surface area contributed by atoms with Crippen molar-refractivity contribution in [3.05, 3.63) is 34.6 Å². The first-order valence-electron chi connectivity index (χ1n) is 7.72. The minimum Gasteiger partial charge on any atom is -0.481 e. The molecule has 0 radical (unpaired) electrons. The van der Waals surface area contributed by atoms with Crippen LogP contribution in [0.5, 0.6) is 11.6 Å². The topological polar surface area (TPSA) is 96.4 Å². The Kier molecular flexibility index (Phi) is 5.45. The van der Waals surface area contributed by atoms with E-state index >= 15 is 0 Å². The summed E-state index contributed by atoms with van der Waals surface area (Å²) in [6, 6.07) is 5.39. The van der Waals surface area contributed by atoms with Gasteiger partial charge in [-0.1, -0.05) is 23.2 Å². The number of carbonyl (C=O) groups is 1. The quantitative estimate of drug-likeness (QED) is 0.633. The molecule has 3 rings (SSSR count). The molecule has 1 aliphatic carbocycles. The number of nitrogens with one attached hydrogen (secondary N) is 2. The second kappa shape index (κ2) is 7.76. The first kappa shape index (κ1) is 17.6. The van der Waals surface area contributed by atoms with E-state index in [9.17, 15) is 4.79 Å². The molecule has 0 saturated heterocycles. The van der Waals surface area contributed by atoms with Crippen molar-refractivity contribution >= 4 is 40.7 Å². The molecule has 0 spiro atoms. The lowest BCUT2D eigenvalue weighted by Gasteiger charge is -2.12. The van der Waals surface area contributed by atoms with Gasteiger partial charge in [0, 0.05) is 24.3 Å². The van der Waals surface area contributed by atoms with E-state index in [2.05, 4.69) is 20.6 Å². The predicted molar refractivity (Wildman–Crippen MR) is 96.0 cm³/mol. The number of anilines is 2. The smallest absolute Gasteiger partial charge is 0.305 e. The summed E-state index contributed by atoms with van der Waals surface area (Å²) in [5.41, 5.74) is 0.613. The van der Waals surface area contributed by atoms with Crippen molar-refractivity contribution in [2.75, 3.05) is 17.2 Å². The van der Waals surface area contributed by atoms with Gasteiger partial charge in [-0.2, -0.15) is 0 Å². The zero-order chi connectivity index (χ0) is 17.8. The third-order valence-corrected chi connectivity index (χ3v) is 4.01. The van der Waals surface area contributed by atoms with Crippen molar-refractivity contribution in [2.45, 2.75) is 25.3 Å². The fourth-order valence-electron chi connectivity index (χ4n) is 2.09. The summed E-state index contributed by atoms with van der Waals surface area (Å²) in [5.74, 6) is 0.410. The van der Waals surface area contributed by atoms with Crippen LogP contribution in [0.3, 0.4) is 0 Å². The van der Waals surface area contributed by atoms with Crippen LogP contribution in [-0.4, -0.2) is 33.6 Å². The summed E-state index contributed by atoms with van der Waals surface area (Å²) < 4.78 is 5.70. The van der Waals surface area contributed by atoms with Crippen LogP contribution in [0.2, 0.25) is 10.0 Å². The van der Waals surface area contributed by atoms with Gasteiger partial charge in [0.1, 0.15) is 12.1 Å². The summed E-state index contributed by atoms with van der Waals surface area (Å²) in [4.78, 5) is 18.8. The van der Waals surface area contributed by atoms with Crippen molar-refractivity contribution in [3.8, 4) is 11.6 Å². The molecule has 0 unspecified atom stereocenters. The number of ether oxygens (including phenoxy) is 1. The number of aromatic nitrogens is 2. The highest BCUT2D eigenvalue weighted by molar-refractivity contribution is 6.37. The number of rotatable bonds is 8. The first-order valence-corrected chi connectivity index (χ1v) is 8.48. The molecular weight excluding hydrogens is 367 g/mol. The van der Waals surface area contributed by atoms with Crippen molar-refractivity contribution in [2.24, 2.45) is 0 Å². The summed E-state index contributed by atoms with van der Waals surface area (Å²) >= 11 is 12.5. The number of nitrogens with zero attached hydrogens (tertiary/aromatic N) is 2. The van der Waals surface area contributed by atoms with E-state index in [0.717, 1.165) is 12.8 Å². The van der Waals surface area contributed by atoms with E-state index in [1.165, 1.54) is 6.33 Å². The van der Waals surface area contributed by atoms with Crippen LogP contribution >= 0.6 is 23.2 Å². The van der Waals surface area contributed by atoms with Gasteiger partial charge in [0.2, 0.25) is 5.88 Å². The molecule has 25 heavy (non-hydrogen) atoms. The fraction of sp³-hybridized carbons (Fsp3) is 0.312. The van der Waals surface area contributed by atoms with Gasteiger partial charge in [-0.25, -0.2) is 9.97 Å². The lowest BCUT2D eigenvalue weighted by atomic mass is 10.3. The van der Waals surface area contributed by atoms with Gasteiger partial charge in [0.25, 0.3) is 0 Å². The molecule has 0 bridgehead atoms. The minimum absolute atomic E-state index is 0.00873. The Morgan fingerprint density at radius 2 is 1.96 bits per heavy atom. The van der Waals surface area contributed by atoms with Crippen LogP contribution in [0.1, 0.15) is 19.3 Å². The van der Waals surface area contributed by atoms with Crippen LogP contribution in [0, 0.1) is 0 Å². The highest BCUT2D eigenvalue weighted by Crippen LogP contribution is 2.38. The zero-order valence-electron chi connectivity index (χ0n) is 13.1. The molecule has 1 fully saturated rings. The predicted octanol–water partition coefficient (Wildman–Crippen LogP) is 4.04. The van der Waals surface area contributed by atoms with Gasteiger partial charge in [-0.15, -0.1) is 0 Å². The standard InChI is InChI=1S/C16H16Cl2N4O3/c17-11-5-10(19-4-3-15(23)24)6-12(18)16(11)25-14-7-13(20-8-21-14)22-9-1-2-9/h5-9,19H,1-4H2,(H,23,24)(H,20,21,22). The van der Waals surface area contributed by atoms with Crippen molar-refractivity contribution in [1.29, 1.82) is 0 Å². The summed E-state index contributed by atoms with van der Waals surface area (Å²) in [6.45, 7) is 0.268. The van der Waals surface area contributed by atoms with Crippen molar-refractivity contribution in [3.63, 3.8) is 0 Å². The van der Waals surface area contributed by atoms with Gasteiger partial charge < -0.3 is 20.5 Å². The molecule has 3 N–H and O–H groups in total. The Morgan fingerprint density at radius 3 is 2.60 bits per heavy atom. The van der Waals surface area contributed by atoms with E-state index < -0.39 is 5.97 Å². The fourth-order valence-corrected chi connectivity index (χ4v) is 2.65. The minimum atomic E-state index is -0.885. The monoisotopic (exact) mass is 382 g/mol. The Labute approximate surface area is 154 Å². The van der Waals surface area contributed by atoms with E-state index in [1.807, 2.05) is 0 Å². The highest BCUT2D eigenvalue weighted by atomic mass is 35.5. The number of carboxylic acids is 1. The summed E-state index contributed by atoms with van der Waals surface area (Å²) in [6.07, 6.45) is 3.66. The van der Waals surface area contributed by atoms with Crippen LogP contribution in [-0.2, 0) is 4.79 Å². The number of carboxylic acid groups (broad SMARTS) is 1. The second-order valence-electron chi connectivity index (χ2n) is 5.60. The van der Waals surface area contributed by atoms with Crippen LogP contribution in [0.25, 0.3) is 0 Å². The first-order chi connectivity index (χ1) is 12.0. The van der Waals surface area contributed by atoms with Crippen LogP contribution in [0.4, 0.5) is 11.5 Å². The Hall–Kier alpha value is -2.25. The maximum atomic E-state index is 10.5. The number of halogens is 2. The van der Waals surface area contributed by atoms with Gasteiger partial charge in [0.15, 0.2) is 5.75 Å². The van der Waals surface area contributed by atoms with Gasteiger partial charge >= 0.3 is 5.97 Å². The molecule has 1 heterocycles. The molecule has 1 aliphatic rings. The SMILES string of the molecule is O=C(O)CCNc1cc(Cl)c(Oc2cc(NC3CC3)ncn2)c(Cl)c1. The second-order valence-corrected chi connectivity index (χ2v) is 6.42. The molecule has 0 atom stereocenters. The number of hydrogen-bond acceptors (Lipinski definition) is 6. The number of hydrogen-bond donors (Lipinski definition) is 3. The van der Waals surface area contributed by atoms with E-state index in [4.69, 9.17) is 33.0 Å². The maximum Gasteiger partial charge on any atom is 0.305 e. The van der Waals surface area contributed by atoms with E-state index in [0.29, 0.717) is 33.5 Å². The molecule has 1 aromatic heterocycles. The molecular formula is C16H16Cl2N4O3. The summed E-state index contributed by atoms with van der Waals surface area (Å²) in [5, 5.41) is 15.4. The molecule has 132 valence electrons. The molecule has 0 amide bonds.